The fourth-order valence-electron chi connectivity index (χ4n) is 3.05. The second kappa shape index (κ2) is 9.54. The number of thiazole rings is 1. The lowest BCUT2D eigenvalue weighted by atomic mass is 10.1. The molecule has 7 heteroatoms. The third-order valence-corrected chi connectivity index (χ3v) is 5.69. The lowest BCUT2D eigenvalue weighted by molar-refractivity contribution is -0.137. The zero-order chi connectivity index (χ0) is 21.7. The maximum atomic E-state index is 12.3. The molecule has 0 aliphatic rings. The quantitative estimate of drug-likeness (QED) is 0.585. The molecule has 0 spiro atoms. The summed E-state index contributed by atoms with van der Waals surface area (Å²) in [7, 11) is 1.48. The van der Waals surface area contributed by atoms with Crippen molar-refractivity contribution in [1.82, 2.24) is 9.88 Å². The van der Waals surface area contributed by atoms with Gasteiger partial charge < -0.3 is 14.9 Å². The number of nitrogens with zero attached hydrogens (tertiary/aromatic N) is 3. The molecule has 1 heterocycles. The van der Waals surface area contributed by atoms with Crippen molar-refractivity contribution in [3.63, 3.8) is 0 Å². The number of aromatic nitrogens is 1. The highest BCUT2D eigenvalue weighted by Crippen LogP contribution is 2.28. The summed E-state index contributed by atoms with van der Waals surface area (Å²) in [6.07, 6.45) is 0. The summed E-state index contributed by atoms with van der Waals surface area (Å²) in [5.74, 6) is -1.34. The van der Waals surface area contributed by atoms with Gasteiger partial charge in [0.15, 0.2) is 5.13 Å². The standard InChI is InChI=1S/C23H25N3O3S/c1-4-26(23-24-20(15-30-23)18-9-5-16(2)6-10-18)13-17-7-11-19(12-8-17)22(29)25(3)14-21(27)28/h5-12,15H,4,13-14H2,1-3H3,(H,27,28). The van der Waals surface area contributed by atoms with Crippen LogP contribution < -0.4 is 4.90 Å². The molecule has 0 fully saturated rings. The molecule has 0 saturated carbocycles. The fraction of sp³-hybridized carbons (Fsp3) is 0.261. The average molecular weight is 424 g/mol. The molecule has 0 saturated heterocycles. The number of aryl methyl sites for hydroxylation is 1. The number of hydrogen-bond donors (Lipinski definition) is 1. The van der Waals surface area contributed by atoms with E-state index in [0.717, 1.165) is 28.5 Å². The highest BCUT2D eigenvalue weighted by atomic mass is 32.1. The maximum absolute atomic E-state index is 12.3. The van der Waals surface area contributed by atoms with Gasteiger partial charge in [0.05, 0.1) is 5.69 Å². The zero-order valence-corrected chi connectivity index (χ0v) is 18.1. The van der Waals surface area contributed by atoms with Crippen LogP contribution in [0.2, 0.25) is 0 Å². The Balaban J connectivity index is 1.69. The summed E-state index contributed by atoms with van der Waals surface area (Å²) in [5.41, 5.74) is 4.83. The summed E-state index contributed by atoms with van der Waals surface area (Å²) in [6, 6.07) is 15.6. The summed E-state index contributed by atoms with van der Waals surface area (Å²) < 4.78 is 0. The minimum atomic E-state index is -1.03. The highest BCUT2D eigenvalue weighted by Gasteiger charge is 2.15. The van der Waals surface area contributed by atoms with Gasteiger partial charge in [-0.1, -0.05) is 42.0 Å². The molecule has 0 radical (unpaired) electrons. The van der Waals surface area contributed by atoms with Crippen molar-refractivity contribution in [2.24, 2.45) is 0 Å². The molecule has 0 bridgehead atoms. The van der Waals surface area contributed by atoms with Gasteiger partial charge in [-0.3, -0.25) is 9.59 Å². The highest BCUT2D eigenvalue weighted by molar-refractivity contribution is 7.14. The van der Waals surface area contributed by atoms with Gasteiger partial charge in [0.2, 0.25) is 0 Å². The Hall–Kier alpha value is -3.19. The van der Waals surface area contributed by atoms with Crippen molar-refractivity contribution in [2.75, 3.05) is 25.0 Å². The van der Waals surface area contributed by atoms with Crippen molar-refractivity contribution in [3.8, 4) is 11.3 Å². The van der Waals surface area contributed by atoms with E-state index in [1.54, 1.807) is 23.5 Å². The molecule has 0 unspecified atom stereocenters. The van der Waals surface area contributed by atoms with Crippen molar-refractivity contribution in [1.29, 1.82) is 0 Å². The number of benzene rings is 2. The number of hydrogen-bond acceptors (Lipinski definition) is 5. The van der Waals surface area contributed by atoms with Crippen LogP contribution in [-0.4, -0.2) is 47.0 Å². The first-order valence-electron chi connectivity index (χ1n) is 9.71. The summed E-state index contributed by atoms with van der Waals surface area (Å²) in [4.78, 5) is 31.3. The van der Waals surface area contributed by atoms with Crippen LogP contribution in [0.1, 0.15) is 28.4 Å². The second-order valence-corrected chi connectivity index (χ2v) is 7.98. The van der Waals surface area contributed by atoms with Gasteiger partial charge in [-0.2, -0.15) is 0 Å². The summed E-state index contributed by atoms with van der Waals surface area (Å²) in [5, 5.41) is 11.9. The molecule has 0 aliphatic heterocycles. The van der Waals surface area contributed by atoms with E-state index in [2.05, 4.69) is 48.4 Å². The van der Waals surface area contributed by atoms with Crippen LogP contribution >= 0.6 is 11.3 Å². The van der Waals surface area contributed by atoms with E-state index in [0.29, 0.717) is 12.1 Å². The lowest BCUT2D eigenvalue weighted by Crippen LogP contribution is -2.31. The molecule has 1 N–H and O–H groups in total. The maximum Gasteiger partial charge on any atom is 0.323 e. The zero-order valence-electron chi connectivity index (χ0n) is 17.3. The van der Waals surface area contributed by atoms with Crippen molar-refractivity contribution in [3.05, 3.63) is 70.6 Å². The number of likely N-dealkylation sites (N-methyl/N-ethyl adjacent to an activating group) is 1. The van der Waals surface area contributed by atoms with E-state index in [9.17, 15) is 9.59 Å². The molecule has 1 aromatic heterocycles. The van der Waals surface area contributed by atoms with Crippen molar-refractivity contribution in [2.45, 2.75) is 20.4 Å². The van der Waals surface area contributed by atoms with Gasteiger partial charge in [0.25, 0.3) is 5.91 Å². The first-order valence-corrected chi connectivity index (χ1v) is 10.6. The van der Waals surface area contributed by atoms with Crippen molar-refractivity contribution >= 4 is 28.3 Å². The first kappa shape index (κ1) is 21.5. The fourth-order valence-corrected chi connectivity index (χ4v) is 3.95. The minimum absolute atomic E-state index is 0.307. The number of carboxylic acids is 1. The summed E-state index contributed by atoms with van der Waals surface area (Å²) in [6.45, 7) is 5.32. The number of carbonyl (C=O) groups excluding carboxylic acids is 1. The summed E-state index contributed by atoms with van der Waals surface area (Å²) >= 11 is 1.62. The Kier molecular flexibility index (Phi) is 6.84. The largest absolute Gasteiger partial charge is 0.480 e. The van der Waals surface area contributed by atoms with Crippen LogP contribution in [0.5, 0.6) is 0 Å². The molecule has 1 amide bonds. The molecule has 3 rings (SSSR count). The van der Waals surface area contributed by atoms with Crippen LogP contribution in [0.3, 0.4) is 0 Å². The van der Waals surface area contributed by atoms with E-state index < -0.39 is 5.97 Å². The van der Waals surface area contributed by atoms with Gasteiger partial charge in [-0.25, -0.2) is 4.98 Å². The number of rotatable bonds is 8. The number of carbonyl (C=O) groups is 2. The smallest absolute Gasteiger partial charge is 0.323 e. The van der Waals surface area contributed by atoms with E-state index in [-0.39, 0.29) is 12.5 Å². The second-order valence-electron chi connectivity index (χ2n) is 7.15. The van der Waals surface area contributed by atoms with E-state index in [1.807, 2.05) is 12.1 Å². The van der Waals surface area contributed by atoms with Crippen LogP contribution in [0.4, 0.5) is 5.13 Å². The molecular formula is C23H25N3O3S. The molecular weight excluding hydrogens is 398 g/mol. The topological polar surface area (TPSA) is 73.7 Å². The van der Waals surface area contributed by atoms with Crippen LogP contribution in [-0.2, 0) is 11.3 Å². The molecule has 6 nitrogen and oxygen atoms in total. The minimum Gasteiger partial charge on any atom is -0.480 e. The molecule has 0 aliphatic carbocycles. The number of anilines is 1. The van der Waals surface area contributed by atoms with Crippen LogP contribution in [0.25, 0.3) is 11.3 Å². The van der Waals surface area contributed by atoms with Crippen molar-refractivity contribution < 1.29 is 14.7 Å². The Morgan fingerprint density at radius 2 is 1.73 bits per heavy atom. The average Bonchev–Trinajstić information content (AvgIpc) is 3.22. The van der Waals surface area contributed by atoms with Crippen LogP contribution in [0.15, 0.2) is 53.9 Å². The van der Waals surface area contributed by atoms with Gasteiger partial charge in [0, 0.05) is 36.6 Å². The number of amides is 1. The molecule has 2 aromatic carbocycles. The predicted octanol–water partition coefficient (Wildman–Crippen LogP) is 4.30. The van der Waals surface area contributed by atoms with Gasteiger partial charge in [-0.15, -0.1) is 11.3 Å². The molecule has 0 atom stereocenters. The molecule has 30 heavy (non-hydrogen) atoms. The monoisotopic (exact) mass is 423 g/mol. The Morgan fingerprint density at radius 3 is 2.33 bits per heavy atom. The lowest BCUT2D eigenvalue weighted by Gasteiger charge is -2.20. The Bertz CT molecular complexity index is 1010. The van der Waals surface area contributed by atoms with Gasteiger partial charge in [-0.05, 0) is 31.5 Å². The predicted molar refractivity (Wildman–Crippen MR) is 120 cm³/mol. The third kappa shape index (κ3) is 5.24. The third-order valence-electron chi connectivity index (χ3n) is 4.79. The first-order chi connectivity index (χ1) is 14.4. The van der Waals surface area contributed by atoms with E-state index in [4.69, 9.17) is 10.1 Å². The van der Waals surface area contributed by atoms with Crippen LogP contribution in [0, 0.1) is 6.92 Å². The normalized spacial score (nSPS) is 10.6. The van der Waals surface area contributed by atoms with E-state index in [1.165, 1.54) is 17.5 Å². The van der Waals surface area contributed by atoms with Gasteiger partial charge >= 0.3 is 5.97 Å². The Labute approximate surface area is 180 Å². The molecule has 156 valence electrons. The number of carboxylic acid groups (broad SMARTS) is 1. The van der Waals surface area contributed by atoms with Gasteiger partial charge in [0.1, 0.15) is 6.54 Å². The SMILES string of the molecule is CCN(Cc1ccc(C(=O)N(C)CC(=O)O)cc1)c1nc(-c2ccc(C)cc2)cs1. The number of aliphatic carboxylic acids is 1. The Morgan fingerprint density at radius 1 is 1.07 bits per heavy atom. The molecule has 3 aromatic rings. The van der Waals surface area contributed by atoms with E-state index >= 15 is 0 Å².